The first-order valence-electron chi connectivity index (χ1n) is 6.45. The summed E-state index contributed by atoms with van der Waals surface area (Å²) in [5, 5.41) is 10.8. The molecule has 3 saturated carbocycles. The summed E-state index contributed by atoms with van der Waals surface area (Å²) in [7, 11) is 0. The van der Waals surface area contributed by atoms with Crippen LogP contribution in [0.4, 0.5) is 5.82 Å². The molecule has 2 bridgehead atoms. The lowest BCUT2D eigenvalue weighted by Gasteiger charge is -2.70. The quantitative estimate of drug-likeness (QED) is 0.859. The third-order valence-corrected chi connectivity index (χ3v) is 4.18. The van der Waals surface area contributed by atoms with Crippen molar-refractivity contribution in [2.75, 3.05) is 5.32 Å². The highest BCUT2D eigenvalue weighted by atomic mass is 16.1. The molecule has 5 rings (SSSR count). The molecule has 98 valence electrons. The van der Waals surface area contributed by atoms with Crippen LogP contribution in [-0.4, -0.2) is 31.6 Å². The van der Waals surface area contributed by atoms with Gasteiger partial charge in [-0.3, -0.25) is 4.79 Å². The van der Waals surface area contributed by atoms with Crippen LogP contribution in [0.25, 0.3) is 5.52 Å². The molecule has 3 aliphatic carbocycles. The third kappa shape index (κ3) is 1.46. The molecule has 2 aromatic heterocycles. The maximum Gasteiger partial charge on any atom is 0.217 e. The van der Waals surface area contributed by atoms with Gasteiger partial charge in [0.1, 0.15) is 5.52 Å². The molecule has 1 amide bonds. The molecular formula is C13H15N5O. The molecule has 0 aliphatic heterocycles. The van der Waals surface area contributed by atoms with E-state index in [2.05, 4.69) is 20.7 Å². The maximum atomic E-state index is 11.1. The van der Waals surface area contributed by atoms with E-state index in [0.29, 0.717) is 0 Å². The second-order valence-electron chi connectivity index (χ2n) is 5.83. The number of carbonyl (C=O) groups is 1. The largest absolute Gasteiger partial charge is 0.363 e. The lowest BCUT2D eigenvalue weighted by Crippen LogP contribution is -2.81. The molecule has 0 aromatic carbocycles. The van der Waals surface area contributed by atoms with Gasteiger partial charge < -0.3 is 10.6 Å². The summed E-state index contributed by atoms with van der Waals surface area (Å²) in [6, 6.07) is 1.95. The standard InChI is InChI=1S/C13H15N5O/c1-9(19)16-12-6-13(7-12,8-12)17-11-10-2-3-15-18(10)5-4-14-11/h2-5H,6-8H2,1H3,(H,14,17)(H,16,19). The van der Waals surface area contributed by atoms with Crippen LogP contribution in [-0.2, 0) is 4.79 Å². The van der Waals surface area contributed by atoms with Crippen molar-refractivity contribution >= 4 is 17.2 Å². The monoisotopic (exact) mass is 257 g/mol. The second kappa shape index (κ2) is 3.26. The fourth-order valence-electron chi connectivity index (χ4n) is 3.63. The molecule has 0 radical (unpaired) electrons. The second-order valence-corrected chi connectivity index (χ2v) is 5.83. The highest BCUT2D eigenvalue weighted by molar-refractivity contribution is 5.75. The first-order valence-corrected chi connectivity index (χ1v) is 6.45. The van der Waals surface area contributed by atoms with Gasteiger partial charge in [0.15, 0.2) is 5.82 Å². The zero-order chi connectivity index (χ0) is 13.1. The minimum atomic E-state index is 0.0458. The average molecular weight is 257 g/mol. The Balaban J connectivity index is 1.53. The summed E-state index contributed by atoms with van der Waals surface area (Å²) in [4.78, 5) is 15.5. The van der Waals surface area contributed by atoms with Crippen molar-refractivity contribution in [3.63, 3.8) is 0 Å². The van der Waals surface area contributed by atoms with Crippen LogP contribution < -0.4 is 10.6 Å². The van der Waals surface area contributed by atoms with Gasteiger partial charge in [0.05, 0.1) is 6.20 Å². The molecule has 19 heavy (non-hydrogen) atoms. The number of nitrogens with zero attached hydrogens (tertiary/aromatic N) is 3. The van der Waals surface area contributed by atoms with Gasteiger partial charge in [-0.2, -0.15) is 5.10 Å². The maximum absolute atomic E-state index is 11.1. The number of anilines is 1. The van der Waals surface area contributed by atoms with E-state index in [1.165, 1.54) is 0 Å². The van der Waals surface area contributed by atoms with Crippen LogP contribution in [0.3, 0.4) is 0 Å². The molecule has 3 aliphatic rings. The van der Waals surface area contributed by atoms with E-state index in [4.69, 9.17) is 0 Å². The van der Waals surface area contributed by atoms with Crippen molar-refractivity contribution in [3.05, 3.63) is 24.7 Å². The van der Waals surface area contributed by atoms with E-state index in [-0.39, 0.29) is 17.0 Å². The van der Waals surface area contributed by atoms with E-state index in [0.717, 1.165) is 30.6 Å². The minimum absolute atomic E-state index is 0.0458. The Bertz CT molecular complexity index is 657. The lowest BCUT2D eigenvalue weighted by molar-refractivity contribution is -0.131. The van der Waals surface area contributed by atoms with E-state index in [1.807, 2.05) is 16.8 Å². The van der Waals surface area contributed by atoms with Gasteiger partial charge in [-0.05, 0) is 25.3 Å². The molecule has 6 heteroatoms. The number of nitrogens with one attached hydrogen (secondary N) is 2. The summed E-state index contributed by atoms with van der Waals surface area (Å²) < 4.78 is 1.81. The van der Waals surface area contributed by atoms with Gasteiger partial charge in [0.2, 0.25) is 5.91 Å². The summed E-state index contributed by atoms with van der Waals surface area (Å²) in [5.74, 6) is 0.931. The average Bonchev–Trinajstić information content (AvgIpc) is 2.72. The molecule has 6 nitrogen and oxygen atoms in total. The zero-order valence-corrected chi connectivity index (χ0v) is 10.7. The Hall–Kier alpha value is -2.11. The predicted octanol–water partition coefficient (Wildman–Crippen LogP) is 0.952. The molecule has 0 saturated heterocycles. The van der Waals surface area contributed by atoms with E-state index in [1.54, 1.807) is 19.3 Å². The summed E-state index contributed by atoms with van der Waals surface area (Å²) in [6.45, 7) is 1.58. The van der Waals surface area contributed by atoms with Crippen molar-refractivity contribution < 1.29 is 4.79 Å². The Morgan fingerprint density at radius 2 is 2.11 bits per heavy atom. The van der Waals surface area contributed by atoms with Crippen molar-refractivity contribution in [1.29, 1.82) is 0 Å². The predicted molar refractivity (Wildman–Crippen MR) is 69.7 cm³/mol. The van der Waals surface area contributed by atoms with Crippen molar-refractivity contribution in [1.82, 2.24) is 19.9 Å². The summed E-state index contributed by atoms with van der Waals surface area (Å²) >= 11 is 0. The normalized spacial score (nSPS) is 31.4. The SMILES string of the molecule is CC(=O)NC12CC(Nc3nccn4nccc34)(C1)C2. The molecule has 0 atom stereocenters. The Morgan fingerprint density at radius 3 is 2.84 bits per heavy atom. The van der Waals surface area contributed by atoms with Crippen LogP contribution in [0.1, 0.15) is 26.2 Å². The van der Waals surface area contributed by atoms with Crippen molar-refractivity contribution in [2.24, 2.45) is 0 Å². The van der Waals surface area contributed by atoms with Gasteiger partial charge >= 0.3 is 0 Å². The molecule has 2 aromatic rings. The van der Waals surface area contributed by atoms with E-state index in [9.17, 15) is 4.79 Å². The number of hydrogen-bond donors (Lipinski definition) is 2. The molecule has 0 spiro atoms. The molecule has 3 fully saturated rings. The fourth-order valence-corrected chi connectivity index (χ4v) is 3.63. The van der Waals surface area contributed by atoms with Crippen molar-refractivity contribution in [2.45, 2.75) is 37.3 Å². The van der Waals surface area contributed by atoms with Gasteiger partial charge in [0.25, 0.3) is 0 Å². The highest BCUT2D eigenvalue weighted by Crippen LogP contribution is 2.61. The van der Waals surface area contributed by atoms with Crippen LogP contribution in [0, 0.1) is 0 Å². The summed E-state index contributed by atoms with van der Waals surface area (Å²) in [5.41, 5.74) is 1.15. The number of carbonyl (C=O) groups excluding carboxylic acids is 1. The van der Waals surface area contributed by atoms with Crippen LogP contribution in [0.2, 0.25) is 0 Å². The van der Waals surface area contributed by atoms with Crippen molar-refractivity contribution in [3.8, 4) is 0 Å². The topological polar surface area (TPSA) is 71.3 Å². The van der Waals surface area contributed by atoms with Crippen LogP contribution in [0.5, 0.6) is 0 Å². The minimum Gasteiger partial charge on any atom is -0.363 e. The fraction of sp³-hybridized carbons (Fsp3) is 0.462. The Kier molecular flexibility index (Phi) is 1.85. The molecular weight excluding hydrogens is 242 g/mol. The van der Waals surface area contributed by atoms with Crippen LogP contribution in [0.15, 0.2) is 24.7 Å². The number of hydrogen-bond acceptors (Lipinski definition) is 4. The van der Waals surface area contributed by atoms with Gasteiger partial charge in [-0.25, -0.2) is 9.50 Å². The van der Waals surface area contributed by atoms with Gasteiger partial charge in [0, 0.05) is 30.4 Å². The zero-order valence-electron chi connectivity index (χ0n) is 10.7. The Morgan fingerprint density at radius 1 is 1.32 bits per heavy atom. The number of fused-ring (bicyclic) bond motifs is 1. The number of amides is 1. The lowest BCUT2D eigenvalue weighted by atomic mass is 9.44. The first kappa shape index (κ1) is 10.8. The van der Waals surface area contributed by atoms with Crippen LogP contribution >= 0.6 is 0 Å². The Labute approximate surface area is 110 Å². The smallest absolute Gasteiger partial charge is 0.217 e. The van der Waals surface area contributed by atoms with E-state index < -0.39 is 0 Å². The third-order valence-electron chi connectivity index (χ3n) is 4.18. The first-order chi connectivity index (χ1) is 9.10. The number of rotatable bonds is 3. The summed E-state index contributed by atoms with van der Waals surface area (Å²) in [6.07, 6.45) is 8.30. The van der Waals surface area contributed by atoms with Gasteiger partial charge in [-0.15, -0.1) is 0 Å². The molecule has 0 unspecified atom stereocenters. The highest BCUT2D eigenvalue weighted by Gasteiger charge is 2.68. The molecule has 2 heterocycles. The van der Waals surface area contributed by atoms with Gasteiger partial charge in [-0.1, -0.05) is 0 Å². The van der Waals surface area contributed by atoms with E-state index >= 15 is 0 Å². The number of aromatic nitrogens is 3. The molecule has 2 N–H and O–H groups in total.